The molecule has 0 aliphatic carbocycles. The third-order valence-corrected chi connectivity index (χ3v) is 3.29. The van der Waals surface area contributed by atoms with Gasteiger partial charge in [-0.25, -0.2) is 0 Å². The lowest BCUT2D eigenvalue weighted by molar-refractivity contribution is -0.140. The first-order valence-electron chi connectivity index (χ1n) is 8.17. The Hall–Kier alpha value is -1.58. The Balaban J connectivity index is 0. The lowest BCUT2D eigenvalue weighted by Crippen LogP contribution is -2.10. The molecule has 0 amide bonds. The van der Waals surface area contributed by atoms with Crippen molar-refractivity contribution in [2.75, 3.05) is 0 Å². The van der Waals surface area contributed by atoms with E-state index in [2.05, 4.69) is 20.1 Å². The highest BCUT2D eigenvalue weighted by molar-refractivity contribution is 5.71. The monoisotopic (exact) mass is 312 g/mol. The van der Waals surface area contributed by atoms with Crippen LogP contribution in [-0.2, 0) is 9.59 Å². The molecule has 0 saturated carbocycles. The first kappa shape index (κ1) is 22.7. The second-order valence-corrected chi connectivity index (χ2v) is 5.33. The Morgan fingerprint density at radius 1 is 0.955 bits per heavy atom. The van der Waals surface area contributed by atoms with Crippen LogP contribution in [0.25, 0.3) is 0 Å². The third-order valence-electron chi connectivity index (χ3n) is 3.29. The number of hydrogen-bond acceptors (Lipinski definition) is 2. The lowest BCUT2D eigenvalue weighted by atomic mass is 10.0. The van der Waals surface area contributed by atoms with Gasteiger partial charge in [-0.15, -0.1) is 13.2 Å². The topological polar surface area (TPSA) is 74.6 Å². The predicted octanol–water partition coefficient (Wildman–Crippen LogP) is 5.05. The molecule has 1 atom stereocenters. The highest BCUT2D eigenvalue weighted by atomic mass is 16.4. The molecule has 4 nitrogen and oxygen atoms in total. The molecule has 0 heterocycles. The van der Waals surface area contributed by atoms with Gasteiger partial charge in [0.25, 0.3) is 0 Å². The fraction of sp³-hybridized carbons (Fsp3) is 0.667. The van der Waals surface area contributed by atoms with E-state index >= 15 is 0 Å². The van der Waals surface area contributed by atoms with Crippen molar-refractivity contribution in [2.45, 2.75) is 71.1 Å². The van der Waals surface area contributed by atoms with Crippen molar-refractivity contribution in [1.82, 2.24) is 0 Å². The van der Waals surface area contributed by atoms with E-state index in [1.54, 1.807) is 6.08 Å². The molecule has 0 aromatic carbocycles. The van der Waals surface area contributed by atoms with Gasteiger partial charge in [0.1, 0.15) is 0 Å². The summed E-state index contributed by atoms with van der Waals surface area (Å²) in [6.45, 7) is 8.99. The summed E-state index contributed by atoms with van der Waals surface area (Å²) in [6.07, 6.45) is 13.7. The molecule has 22 heavy (non-hydrogen) atoms. The second kappa shape index (κ2) is 17.5. The summed E-state index contributed by atoms with van der Waals surface area (Å²) in [7, 11) is 0. The van der Waals surface area contributed by atoms with Gasteiger partial charge in [0.05, 0.1) is 12.3 Å². The smallest absolute Gasteiger partial charge is 0.310 e. The molecule has 4 heteroatoms. The maximum Gasteiger partial charge on any atom is 0.310 e. The van der Waals surface area contributed by atoms with E-state index in [4.69, 9.17) is 10.2 Å². The summed E-state index contributed by atoms with van der Waals surface area (Å²) in [5, 5.41) is 16.6. The number of unbranched alkanes of at least 4 members (excludes halogenated alkanes) is 7. The van der Waals surface area contributed by atoms with Crippen LogP contribution in [0.5, 0.6) is 0 Å². The van der Waals surface area contributed by atoms with Gasteiger partial charge in [0, 0.05) is 0 Å². The van der Waals surface area contributed by atoms with Crippen molar-refractivity contribution >= 4 is 11.9 Å². The van der Waals surface area contributed by atoms with Gasteiger partial charge >= 0.3 is 11.9 Å². The van der Waals surface area contributed by atoms with Crippen molar-refractivity contribution in [1.29, 1.82) is 0 Å². The minimum Gasteiger partial charge on any atom is -0.481 e. The molecule has 0 spiro atoms. The summed E-state index contributed by atoms with van der Waals surface area (Å²) >= 11 is 0. The molecule has 0 radical (unpaired) electrons. The van der Waals surface area contributed by atoms with E-state index in [1.165, 1.54) is 44.6 Å². The molecule has 0 aliphatic heterocycles. The number of rotatable bonds is 13. The second-order valence-electron chi connectivity index (χ2n) is 5.33. The van der Waals surface area contributed by atoms with Crippen molar-refractivity contribution in [2.24, 2.45) is 5.92 Å². The summed E-state index contributed by atoms with van der Waals surface area (Å²) in [6, 6.07) is 0. The van der Waals surface area contributed by atoms with Crippen molar-refractivity contribution in [3.8, 4) is 0 Å². The minimum atomic E-state index is -0.829. The summed E-state index contributed by atoms with van der Waals surface area (Å²) < 4.78 is 0. The minimum absolute atomic E-state index is 0.0556. The molecule has 0 saturated heterocycles. The maximum atomic E-state index is 10.7. The first-order valence-corrected chi connectivity index (χ1v) is 8.17. The van der Waals surface area contributed by atoms with Crippen LogP contribution in [-0.4, -0.2) is 22.2 Å². The van der Waals surface area contributed by atoms with Crippen LogP contribution in [0.15, 0.2) is 25.3 Å². The van der Waals surface area contributed by atoms with E-state index in [1.807, 2.05) is 0 Å². The highest BCUT2D eigenvalue weighted by Gasteiger charge is 2.11. The quantitative estimate of drug-likeness (QED) is 0.368. The molecular formula is C18H32O4. The van der Waals surface area contributed by atoms with Gasteiger partial charge in [-0.05, 0) is 6.42 Å². The van der Waals surface area contributed by atoms with E-state index in [9.17, 15) is 9.59 Å². The van der Waals surface area contributed by atoms with Crippen LogP contribution in [0.1, 0.15) is 71.1 Å². The van der Waals surface area contributed by atoms with Gasteiger partial charge < -0.3 is 10.2 Å². The molecule has 1 unspecified atom stereocenters. The molecule has 0 aliphatic rings. The normalized spacial score (nSPS) is 11.0. The van der Waals surface area contributed by atoms with E-state index in [-0.39, 0.29) is 12.3 Å². The van der Waals surface area contributed by atoms with Crippen molar-refractivity contribution in [3.63, 3.8) is 0 Å². The average Bonchev–Trinajstić information content (AvgIpc) is 2.46. The third kappa shape index (κ3) is 18.4. The molecule has 0 rings (SSSR count). The maximum absolute atomic E-state index is 10.7. The number of carboxylic acid groups (broad SMARTS) is 2. The lowest BCUT2D eigenvalue weighted by Gasteiger charge is -2.06. The Morgan fingerprint density at radius 3 is 1.77 bits per heavy atom. The Morgan fingerprint density at radius 2 is 1.45 bits per heavy atom. The number of carbonyl (C=O) groups is 2. The van der Waals surface area contributed by atoms with E-state index < -0.39 is 11.9 Å². The van der Waals surface area contributed by atoms with Gasteiger partial charge in [-0.1, -0.05) is 70.4 Å². The van der Waals surface area contributed by atoms with Gasteiger partial charge in [0.2, 0.25) is 0 Å². The molecule has 128 valence electrons. The van der Waals surface area contributed by atoms with Gasteiger partial charge in [-0.3, -0.25) is 9.59 Å². The van der Waals surface area contributed by atoms with Crippen LogP contribution in [0.2, 0.25) is 0 Å². The van der Waals surface area contributed by atoms with Crippen molar-refractivity contribution < 1.29 is 19.8 Å². The zero-order valence-electron chi connectivity index (χ0n) is 13.9. The number of carboxylic acids is 2. The largest absolute Gasteiger partial charge is 0.481 e. The Bertz CT molecular complexity index is 310. The zero-order valence-corrected chi connectivity index (χ0v) is 13.9. The van der Waals surface area contributed by atoms with Crippen LogP contribution in [0.4, 0.5) is 0 Å². The summed E-state index contributed by atoms with van der Waals surface area (Å²) in [5.41, 5.74) is 0. The van der Waals surface area contributed by atoms with Gasteiger partial charge in [-0.2, -0.15) is 0 Å². The molecule has 0 fully saturated rings. The number of hydrogen-bond donors (Lipinski definition) is 2. The van der Waals surface area contributed by atoms with Gasteiger partial charge in [0.15, 0.2) is 0 Å². The Labute approximate surface area is 134 Å². The molecule has 0 aromatic rings. The van der Waals surface area contributed by atoms with E-state index in [0.29, 0.717) is 0 Å². The van der Waals surface area contributed by atoms with Crippen molar-refractivity contribution in [3.05, 3.63) is 25.3 Å². The molecule has 0 aromatic heterocycles. The first-order chi connectivity index (χ1) is 10.5. The van der Waals surface area contributed by atoms with E-state index in [0.717, 1.165) is 19.3 Å². The molecule has 0 bridgehead atoms. The van der Waals surface area contributed by atoms with Crippen LogP contribution >= 0.6 is 0 Å². The fourth-order valence-corrected chi connectivity index (χ4v) is 1.96. The standard InChI is InChI=1S/C14H26O2.C4H6O2/c1-3-5-6-7-8-9-10-11-12-13(4-2)14(15)16;1-2-3-4(5)6/h4,13H,2-3,5-12H2,1H3,(H,15,16);2H,1,3H2,(H,5,6). The summed E-state index contributed by atoms with van der Waals surface area (Å²) in [5.74, 6) is -1.91. The summed E-state index contributed by atoms with van der Waals surface area (Å²) in [4.78, 5) is 20.2. The predicted molar refractivity (Wildman–Crippen MR) is 91.0 cm³/mol. The molecular weight excluding hydrogens is 280 g/mol. The fourth-order valence-electron chi connectivity index (χ4n) is 1.96. The molecule has 2 N–H and O–H groups in total. The average molecular weight is 312 g/mol. The van der Waals surface area contributed by atoms with Crippen LogP contribution < -0.4 is 0 Å². The highest BCUT2D eigenvalue weighted by Crippen LogP contribution is 2.14. The SMILES string of the molecule is C=CC(CCCCCCCCCC)C(=O)O.C=CCC(=O)O. The number of aliphatic carboxylic acids is 2. The van der Waals surface area contributed by atoms with Crippen LogP contribution in [0, 0.1) is 5.92 Å². The zero-order chi connectivity index (χ0) is 17.2. The Kier molecular flexibility index (Phi) is 18.0. The van der Waals surface area contributed by atoms with Crippen LogP contribution in [0.3, 0.4) is 0 Å².